The van der Waals surface area contributed by atoms with E-state index in [1.807, 2.05) is 24.3 Å². The second kappa shape index (κ2) is 10.3. The molecule has 2 aromatic carbocycles. The predicted octanol–water partition coefficient (Wildman–Crippen LogP) is 3.94. The van der Waals surface area contributed by atoms with E-state index in [0.29, 0.717) is 38.5 Å². The van der Waals surface area contributed by atoms with Gasteiger partial charge in [-0.05, 0) is 55.5 Å². The van der Waals surface area contributed by atoms with Crippen LogP contribution < -0.4 is 10.1 Å². The normalized spacial score (nSPS) is 18.9. The van der Waals surface area contributed by atoms with Crippen LogP contribution in [-0.4, -0.2) is 57.6 Å². The molecule has 2 aromatic rings. The fraction of sp³-hybridized carbons (Fsp3) is 0.500. The first-order valence-electron chi connectivity index (χ1n) is 11.6. The molecule has 0 spiro atoms. The van der Waals surface area contributed by atoms with Gasteiger partial charge in [-0.25, -0.2) is 8.42 Å². The highest BCUT2D eigenvalue weighted by Crippen LogP contribution is 2.37. The van der Waals surface area contributed by atoms with Gasteiger partial charge in [0.05, 0.1) is 16.9 Å². The summed E-state index contributed by atoms with van der Waals surface area (Å²) in [6, 6.07) is 12.0. The Bertz CT molecular complexity index is 1110. The molecule has 0 aromatic heterocycles. The molecule has 1 N–H and O–H groups in total. The first kappa shape index (κ1) is 24.4. The lowest BCUT2D eigenvalue weighted by atomic mass is 9.74. The number of ether oxygens (including phenoxy) is 2. The summed E-state index contributed by atoms with van der Waals surface area (Å²) in [6.45, 7) is 2.55. The second-order valence-electron chi connectivity index (χ2n) is 8.88. The standard InChI is InChI=1S/C24H31N3O6S/c1-32-20-7-5-19(6-8-20)24(11-15-33-16-12-24)18-25-22-10-9-21(17-23(22)27(28)29)34(30,31)26-13-3-2-4-14-26/h5-10,17,25H,2-4,11-16,18H2,1H3. The summed E-state index contributed by atoms with van der Waals surface area (Å²) >= 11 is 0. The van der Waals surface area contributed by atoms with Gasteiger partial charge in [0, 0.05) is 44.3 Å². The molecule has 4 rings (SSSR count). The Morgan fingerprint density at radius 3 is 2.38 bits per heavy atom. The summed E-state index contributed by atoms with van der Waals surface area (Å²) in [5, 5.41) is 15.1. The van der Waals surface area contributed by atoms with E-state index in [9.17, 15) is 18.5 Å². The molecule has 2 heterocycles. The number of nitrogens with zero attached hydrogens (tertiary/aromatic N) is 2. The van der Waals surface area contributed by atoms with E-state index in [1.54, 1.807) is 7.11 Å². The number of anilines is 1. The van der Waals surface area contributed by atoms with Gasteiger partial charge in [0.15, 0.2) is 0 Å². The van der Waals surface area contributed by atoms with Crippen molar-refractivity contribution in [2.75, 3.05) is 45.3 Å². The molecule has 184 valence electrons. The number of nitro benzene ring substituents is 1. The van der Waals surface area contributed by atoms with Gasteiger partial charge < -0.3 is 14.8 Å². The van der Waals surface area contributed by atoms with Crippen LogP contribution in [0.5, 0.6) is 5.75 Å². The number of nitrogens with one attached hydrogen (secondary N) is 1. The minimum Gasteiger partial charge on any atom is -0.497 e. The lowest BCUT2D eigenvalue weighted by molar-refractivity contribution is -0.384. The average Bonchev–Trinajstić information content (AvgIpc) is 2.88. The summed E-state index contributed by atoms with van der Waals surface area (Å²) in [4.78, 5) is 11.3. The van der Waals surface area contributed by atoms with E-state index >= 15 is 0 Å². The third-order valence-corrected chi connectivity index (χ3v) is 8.78. The van der Waals surface area contributed by atoms with Crippen molar-refractivity contribution in [1.29, 1.82) is 0 Å². The summed E-state index contributed by atoms with van der Waals surface area (Å²) < 4.78 is 38.3. The minimum atomic E-state index is -3.76. The van der Waals surface area contributed by atoms with Crippen LogP contribution in [0.15, 0.2) is 47.4 Å². The molecule has 0 aliphatic carbocycles. The van der Waals surface area contributed by atoms with Crippen molar-refractivity contribution in [2.45, 2.75) is 42.4 Å². The molecule has 0 radical (unpaired) electrons. The van der Waals surface area contributed by atoms with E-state index in [1.165, 1.54) is 22.5 Å². The van der Waals surface area contributed by atoms with Gasteiger partial charge >= 0.3 is 0 Å². The number of nitro groups is 1. The zero-order chi connectivity index (χ0) is 24.2. The van der Waals surface area contributed by atoms with Gasteiger partial charge in [0.2, 0.25) is 10.0 Å². The summed E-state index contributed by atoms with van der Waals surface area (Å²) in [6.07, 6.45) is 4.13. The van der Waals surface area contributed by atoms with Crippen molar-refractivity contribution < 1.29 is 22.8 Å². The molecule has 2 fully saturated rings. The van der Waals surface area contributed by atoms with Crippen molar-refractivity contribution >= 4 is 21.4 Å². The number of hydrogen-bond acceptors (Lipinski definition) is 7. The first-order chi connectivity index (χ1) is 16.4. The molecule has 2 saturated heterocycles. The van der Waals surface area contributed by atoms with Crippen LogP contribution in [-0.2, 0) is 20.2 Å². The van der Waals surface area contributed by atoms with Crippen LogP contribution >= 0.6 is 0 Å². The smallest absolute Gasteiger partial charge is 0.293 e. The molecular weight excluding hydrogens is 458 g/mol. The number of sulfonamides is 1. The molecule has 0 atom stereocenters. The first-order valence-corrected chi connectivity index (χ1v) is 13.0. The lowest BCUT2D eigenvalue weighted by Gasteiger charge is -2.38. The Labute approximate surface area is 200 Å². The van der Waals surface area contributed by atoms with Crippen LogP contribution in [0.25, 0.3) is 0 Å². The van der Waals surface area contributed by atoms with Crippen LogP contribution in [0.1, 0.15) is 37.7 Å². The predicted molar refractivity (Wildman–Crippen MR) is 129 cm³/mol. The van der Waals surface area contributed by atoms with Gasteiger partial charge in [-0.15, -0.1) is 0 Å². The molecule has 2 aliphatic heterocycles. The number of piperidine rings is 1. The molecule has 10 heteroatoms. The number of methoxy groups -OCH3 is 1. The fourth-order valence-corrected chi connectivity index (χ4v) is 6.30. The highest BCUT2D eigenvalue weighted by molar-refractivity contribution is 7.89. The Balaban J connectivity index is 1.60. The molecule has 0 saturated carbocycles. The Morgan fingerprint density at radius 1 is 1.09 bits per heavy atom. The van der Waals surface area contributed by atoms with E-state index in [0.717, 1.165) is 43.4 Å². The molecule has 2 aliphatic rings. The Morgan fingerprint density at radius 2 is 1.76 bits per heavy atom. The SMILES string of the molecule is COc1ccc(C2(CNc3ccc(S(=O)(=O)N4CCCCC4)cc3[N+](=O)[O-])CCOCC2)cc1. The van der Waals surface area contributed by atoms with Crippen molar-refractivity contribution in [3.63, 3.8) is 0 Å². The van der Waals surface area contributed by atoms with E-state index in [4.69, 9.17) is 9.47 Å². The van der Waals surface area contributed by atoms with Crippen LogP contribution in [0.3, 0.4) is 0 Å². The third-order valence-electron chi connectivity index (χ3n) is 6.89. The summed E-state index contributed by atoms with van der Waals surface area (Å²) in [5.41, 5.74) is 0.907. The van der Waals surface area contributed by atoms with Gasteiger partial charge in [0.1, 0.15) is 11.4 Å². The van der Waals surface area contributed by atoms with Gasteiger partial charge in [-0.2, -0.15) is 4.31 Å². The van der Waals surface area contributed by atoms with Gasteiger partial charge in [-0.3, -0.25) is 10.1 Å². The highest BCUT2D eigenvalue weighted by atomic mass is 32.2. The third kappa shape index (κ3) is 5.03. The summed E-state index contributed by atoms with van der Waals surface area (Å²) in [5.74, 6) is 0.764. The topological polar surface area (TPSA) is 111 Å². The fourth-order valence-electron chi connectivity index (χ4n) is 4.77. The minimum absolute atomic E-state index is 0.0393. The van der Waals surface area contributed by atoms with Crippen LogP contribution in [0.4, 0.5) is 11.4 Å². The molecule has 34 heavy (non-hydrogen) atoms. The highest BCUT2D eigenvalue weighted by Gasteiger charge is 2.35. The van der Waals surface area contributed by atoms with Crippen LogP contribution in [0.2, 0.25) is 0 Å². The van der Waals surface area contributed by atoms with Crippen molar-refractivity contribution in [3.05, 3.63) is 58.1 Å². The molecule has 0 bridgehead atoms. The number of benzene rings is 2. The van der Waals surface area contributed by atoms with Crippen molar-refractivity contribution in [2.24, 2.45) is 0 Å². The lowest BCUT2D eigenvalue weighted by Crippen LogP contribution is -2.40. The maximum atomic E-state index is 13.0. The molecule has 9 nitrogen and oxygen atoms in total. The summed E-state index contributed by atoms with van der Waals surface area (Å²) in [7, 11) is -2.14. The van der Waals surface area contributed by atoms with Crippen LogP contribution in [0, 0.1) is 10.1 Å². The van der Waals surface area contributed by atoms with Crippen molar-refractivity contribution in [3.8, 4) is 5.75 Å². The molecule has 0 unspecified atom stereocenters. The molecular formula is C24H31N3O6S. The molecule has 0 amide bonds. The number of rotatable bonds is 8. The Hall–Kier alpha value is -2.69. The van der Waals surface area contributed by atoms with E-state index in [2.05, 4.69) is 5.32 Å². The zero-order valence-electron chi connectivity index (χ0n) is 19.4. The maximum Gasteiger partial charge on any atom is 0.293 e. The van der Waals surface area contributed by atoms with Gasteiger partial charge in [0.25, 0.3) is 5.69 Å². The van der Waals surface area contributed by atoms with Crippen molar-refractivity contribution in [1.82, 2.24) is 4.31 Å². The second-order valence-corrected chi connectivity index (χ2v) is 10.8. The number of hydrogen-bond donors (Lipinski definition) is 1. The maximum absolute atomic E-state index is 13.0. The van der Waals surface area contributed by atoms with Gasteiger partial charge in [-0.1, -0.05) is 18.6 Å². The Kier molecular flexibility index (Phi) is 7.39. The van der Waals surface area contributed by atoms with E-state index in [-0.39, 0.29) is 16.0 Å². The average molecular weight is 490 g/mol. The largest absolute Gasteiger partial charge is 0.497 e. The zero-order valence-corrected chi connectivity index (χ0v) is 20.2. The monoisotopic (exact) mass is 489 g/mol. The van der Waals surface area contributed by atoms with E-state index < -0.39 is 14.9 Å². The quantitative estimate of drug-likeness (QED) is 0.442.